The molecular formula is C21H31N3O3. The molecule has 0 saturated heterocycles. The van der Waals surface area contributed by atoms with Crippen molar-refractivity contribution < 1.29 is 13.9 Å². The van der Waals surface area contributed by atoms with Gasteiger partial charge in [-0.1, -0.05) is 6.07 Å². The summed E-state index contributed by atoms with van der Waals surface area (Å²) in [7, 11) is 5.35. The molecule has 1 heterocycles. The van der Waals surface area contributed by atoms with Crippen LogP contribution in [0.25, 0.3) is 0 Å². The molecule has 6 heteroatoms. The van der Waals surface area contributed by atoms with E-state index >= 15 is 0 Å². The standard InChI is InChI=1S/C21H31N3O3/c1-7-22-21(23-14-18-12-15(2)27-16(18)3)24(4)11-10-17-8-9-19(25-5)20(13-17)26-6/h8-9,12-13H,7,10-11,14H2,1-6H3,(H,22,23). The third kappa shape index (κ3) is 5.67. The Balaban J connectivity index is 2.03. The molecule has 1 aromatic carbocycles. The van der Waals surface area contributed by atoms with Crippen molar-refractivity contribution in [1.82, 2.24) is 10.2 Å². The van der Waals surface area contributed by atoms with E-state index in [1.165, 1.54) is 5.56 Å². The second kappa shape index (κ2) is 9.90. The number of ether oxygens (including phenoxy) is 2. The van der Waals surface area contributed by atoms with Crippen LogP contribution in [0.2, 0.25) is 0 Å². The summed E-state index contributed by atoms with van der Waals surface area (Å²) in [6, 6.07) is 8.08. The number of hydrogen-bond acceptors (Lipinski definition) is 4. The van der Waals surface area contributed by atoms with Gasteiger partial charge < -0.3 is 24.1 Å². The number of hydrogen-bond donors (Lipinski definition) is 1. The Kier molecular flexibility index (Phi) is 7.58. The van der Waals surface area contributed by atoms with Gasteiger partial charge in [0, 0.05) is 25.7 Å². The van der Waals surface area contributed by atoms with E-state index in [1.54, 1.807) is 14.2 Å². The largest absolute Gasteiger partial charge is 0.493 e. The summed E-state index contributed by atoms with van der Waals surface area (Å²) in [5.41, 5.74) is 2.31. The first-order valence-corrected chi connectivity index (χ1v) is 9.24. The van der Waals surface area contributed by atoms with E-state index in [-0.39, 0.29) is 0 Å². The average molecular weight is 373 g/mol. The van der Waals surface area contributed by atoms with Crippen LogP contribution in [0, 0.1) is 13.8 Å². The van der Waals surface area contributed by atoms with Crippen molar-refractivity contribution in [1.29, 1.82) is 0 Å². The van der Waals surface area contributed by atoms with Crippen molar-refractivity contribution >= 4 is 5.96 Å². The summed E-state index contributed by atoms with van der Waals surface area (Å²) in [6.07, 6.45) is 0.880. The van der Waals surface area contributed by atoms with Crippen molar-refractivity contribution in [3.8, 4) is 11.5 Å². The van der Waals surface area contributed by atoms with Crippen molar-refractivity contribution in [2.45, 2.75) is 33.7 Å². The highest BCUT2D eigenvalue weighted by atomic mass is 16.5. The van der Waals surface area contributed by atoms with Crippen LogP contribution in [-0.4, -0.2) is 45.2 Å². The highest BCUT2D eigenvalue weighted by Gasteiger charge is 2.10. The molecule has 0 aliphatic rings. The topological polar surface area (TPSA) is 59.2 Å². The molecule has 0 aliphatic heterocycles. The minimum atomic E-state index is 0.603. The van der Waals surface area contributed by atoms with Gasteiger partial charge in [0.1, 0.15) is 11.5 Å². The fourth-order valence-corrected chi connectivity index (χ4v) is 2.91. The first-order valence-electron chi connectivity index (χ1n) is 9.24. The number of benzene rings is 1. The molecular weight excluding hydrogens is 342 g/mol. The molecule has 2 rings (SSSR count). The van der Waals surface area contributed by atoms with E-state index in [0.717, 1.165) is 54.1 Å². The van der Waals surface area contributed by atoms with Gasteiger partial charge in [0.25, 0.3) is 0 Å². The predicted molar refractivity (Wildman–Crippen MR) is 109 cm³/mol. The van der Waals surface area contributed by atoms with Crippen LogP contribution in [0.5, 0.6) is 11.5 Å². The highest BCUT2D eigenvalue weighted by molar-refractivity contribution is 5.79. The minimum Gasteiger partial charge on any atom is -0.493 e. The van der Waals surface area contributed by atoms with E-state index in [2.05, 4.69) is 30.3 Å². The number of nitrogens with one attached hydrogen (secondary N) is 1. The Morgan fingerprint density at radius 1 is 1.15 bits per heavy atom. The molecule has 1 aromatic heterocycles. The van der Waals surface area contributed by atoms with E-state index in [9.17, 15) is 0 Å². The average Bonchev–Trinajstić information content (AvgIpc) is 2.99. The van der Waals surface area contributed by atoms with Crippen molar-refractivity contribution in [3.05, 3.63) is 46.9 Å². The molecule has 0 radical (unpaired) electrons. The van der Waals surface area contributed by atoms with Crippen molar-refractivity contribution in [2.24, 2.45) is 4.99 Å². The molecule has 0 spiro atoms. The third-order valence-corrected chi connectivity index (χ3v) is 4.42. The smallest absolute Gasteiger partial charge is 0.193 e. The van der Waals surface area contributed by atoms with E-state index in [4.69, 9.17) is 18.9 Å². The summed E-state index contributed by atoms with van der Waals surface area (Å²) in [5, 5.41) is 3.36. The SMILES string of the molecule is CCNC(=NCc1cc(C)oc1C)N(C)CCc1ccc(OC)c(OC)c1. The molecule has 0 unspecified atom stereocenters. The number of methoxy groups -OCH3 is 2. The highest BCUT2D eigenvalue weighted by Crippen LogP contribution is 2.27. The molecule has 148 valence electrons. The lowest BCUT2D eigenvalue weighted by Crippen LogP contribution is -2.39. The Labute approximate surface area is 162 Å². The Bertz CT molecular complexity index is 768. The van der Waals surface area contributed by atoms with Gasteiger partial charge in [-0.3, -0.25) is 0 Å². The Morgan fingerprint density at radius 2 is 1.89 bits per heavy atom. The quantitative estimate of drug-likeness (QED) is 0.566. The zero-order valence-corrected chi connectivity index (χ0v) is 17.3. The number of likely N-dealkylation sites (N-methyl/N-ethyl adjacent to an activating group) is 1. The summed E-state index contributed by atoms with van der Waals surface area (Å²) in [6.45, 7) is 8.27. The van der Waals surface area contributed by atoms with Gasteiger partial charge in [0.05, 0.1) is 20.8 Å². The molecule has 27 heavy (non-hydrogen) atoms. The summed E-state index contributed by atoms with van der Waals surface area (Å²) in [5.74, 6) is 4.24. The maximum absolute atomic E-state index is 5.59. The monoisotopic (exact) mass is 373 g/mol. The Morgan fingerprint density at radius 3 is 2.48 bits per heavy atom. The van der Waals surface area contributed by atoms with Crippen LogP contribution in [0.1, 0.15) is 29.6 Å². The van der Waals surface area contributed by atoms with Crippen molar-refractivity contribution in [3.63, 3.8) is 0 Å². The van der Waals surface area contributed by atoms with Gasteiger partial charge in [0.15, 0.2) is 17.5 Å². The van der Waals surface area contributed by atoms with Gasteiger partial charge in [0.2, 0.25) is 0 Å². The molecule has 1 N–H and O–H groups in total. The van der Waals surface area contributed by atoms with Crippen LogP contribution < -0.4 is 14.8 Å². The van der Waals surface area contributed by atoms with Crippen LogP contribution in [0.3, 0.4) is 0 Å². The zero-order valence-electron chi connectivity index (χ0n) is 17.3. The number of furan rings is 1. The van der Waals surface area contributed by atoms with E-state index < -0.39 is 0 Å². The molecule has 6 nitrogen and oxygen atoms in total. The number of aryl methyl sites for hydroxylation is 2. The van der Waals surface area contributed by atoms with E-state index in [0.29, 0.717) is 6.54 Å². The van der Waals surface area contributed by atoms with Crippen LogP contribution >= 0.6 is 0 Å². The third-order valence-electron chi connectivity index (χ3n) is 4.42. The van der Waals surface area contributed by atoms with Crippen LogP contribution in [-0.2, 0) is 13.0 Å². The van der Waals surface area contributed by atoms with Crippen LogP contribution in [0.4, 0.5) is 0 Å². The molecule has 0 aliphatic carbocycles. The first-order chi connectivity index (χ1) is 13.0. The molecule has 0 fully saturated rings. The molecule has 0 saturated carbocycles. The normalized spacial score (nSPS) is 11.4. The fraction of sp³-hybridized carbons (Fsp3) is 0.476. The van der Waals surface area contributed by atoms with Gasteiger partial charge >= 0.3 is 0 Å². The lowest BCUT2D eigenvalue weighted by Gasteiger charge is -2.22. The molecule has 0 amide bonds. The summed E-state index contributed by atoms with van der Waals surface area (Å²) in [4.78, 5) is 6.90. The van der Waals surface area contributed by atoms with Crippen molar-refractivity contribution in [2.75, 3.05) is 34.4 Å². The minimum absolute atomic E-state index is 0.603. The second-order valence-electron chi connectivity index (χ2n) is 6.47. The Hall–Kier alpha value is -2.63. The lowest BCUT2D eigenvalue weighted by atomic mass is 10.1. The first kappa shape index (κ1) is 20.7. The summed E-state index contributed by atoms with van der Waals surface area (Å²) < 4.78 is 16.3. The number of aliphatic imine (C=N–C) groups is 1. The van der Waals surface area contributed by atoms with Gasteiger partial charge in [-0.15, -0.1) is 0 Å². The number of guanidine groups is 1. The second-order valence-corrected chi connectivity index (χ2v) is 6.47. The predicted octanol–water partition coefficient (Wildman–Crippen LogP) is 3.55. The van der Waals surface area contributed by atoms with Gasteiger partial charge in [-0.05, 0) is 51.0 Å². The maximum Gasteiger partial charge on any atom is 0.193 e. The molecule has 2 aromatic rings. The number of rotatable bonds is 8. The van der Waals surface area contributed by atoms with Gasteiger partial charge in [-0.25, -0.2) is 4.99 Å². The fourth-order valence-electron chi connectivity index (χ4n) is 2.91. The zero-order chi connectivity index (χ0) is 19.8. The van der Waals surface area contributed by atoms with E-state index in [1.807, 2.05) is 32.0 Å². The molecule has 0 atom stereocenters. The lowest BCUT2D eigenvalue weighted by molar-refractivity contribution is 0.354. The van der Waals surface area contributed by atoms with Gasteiger partial charge in [-0.2, -0.15) is 0 Å². The summed E-state index contributed by atoms with van der Waals surface area (Å²) >= 11 is 0. The maximum atomic E-state index is 5.59. The number of nitrogens with zero attached hydrogens (tertiary/aromatic N) is 2. The van der Waals surface area contributed by atoms with Crippen LogP contribution in [0.15, 0.2) is 33.7 Å². The molecule has 0 bridgehead atoms.